The molecule has 7 heteroatoms. The molecule has 25 heavy (non-hydrogen) atoms. The minimum absolute atomic E-state index is 0.0289. The summed E-state index contributed by atoms with van der Waals surface area (Å²) in [6.45, 7) is 1.82. The quantitative estimate of drug-likeness (QED) is 0.868. The number of nitrogens with zero attached hydrogens (tertiary/aromatic N) is 3. The van der Waals surface area contributed by atoms with E-state index >= 15 is 0 Å². The topological polar surface area (TPSA) is 69.0 Å². The van der Waals surface area contributed by atoms with Crippen LogP contribution < -0.4 is 5.32 Å². The van der Waals surface area contributed by atoms with E-state index in [0.717, 1.165) is 31.2 Å². The summed E-state index contributed by atoms with van der Waals surface area (Å²) in [5.41, 5.74) is 1.92. The van der Waals surface area contributed by atoms with Crippen LogP contribution >= 0.6 is 0 Å². The zero-order valence-corrected chi connectivity index (χ0v) is 13.9. The van der Waals surface area contributed by atoms with E-state index in [-0.39, 0.29) is 17.9 Å². The van der Waals surface area contributed by atoms with Gasteiger partial charge < -0.3 is 10.1 Å². The number of nitrogens with one attached hydrogen (secondary N) is 1. The van der Waals surface area contributed by atoms with Gasteiger partial charge >= 0.3 is 5.97 Å². The predicted molar refractivity (Wildman–Crippen MR) is 89.2 cm³/mol. The Kier molecular flexibility index (Phi) is 3.99. The maximum Gasteiger partial charge on any atom is 0.338 e. The summed E-state index contributed by atoms with van der Waals surface area (Å²) < 4.78 is 20.7. The first-order chi connectivity index (χ1) is 12.1. The fourth-order valence-electron chi connectivity index (χ4n) is 3.53. The normalized spacial score (nSPS) is 20.3. The van der Waals surface area contributed by atoms with Gasteiger partial charge in [-0.25, -0.2) is 13.9 Å². The lowest BCUT2D eigenvalue weighted by Crippen LogP contribution is -2.31. The van der Waals surface area contributed by atoms with Gasteiger partial charge in [0, 0.05) is 5.70 Å². The van der Waals surface area contributed by atoms with Crippen molar-refractivity contribution in [3.8, 4) is 0 Å². The molecule has 0 spiro atoms. The number of anilines is 1. The Hall–Kier alpha value is -2.70. The number of carbonyl (C=O) groups excluding carboxylic acids is 1. The fourth-order valence-corrected chi connectivity index (χ4v) is 3.53. The van der Waals surface area contributed by atoms with Gasteiger partial charge in [-0.05, 0) is 50.3 Å². The fraction of sp³-hybridized carbons (Fsp3) is 0.389. The van der Waals surface area contributed by atoms with Gasteiger partial charge in [-0.15, -0.1) is 0 Å². The smallest absolute Gasteiger partial charge is 0.338 e. The highest BCUT2D eigenvalue weighted by Gasteiger charge is 2.35. The van der Waals surface area contributed by atoms with Gasteiger partial charge in [-0.3, -0.25) is 0 Å². The average Bonchev–Trinajstić information content (AvgIpc) is 3.25. The van der Waals surface area contributed by atoms with E-state index in [2.05, 4.69) is 15.4 Å². The van der Waals surface area contributed by atoms with E-state index in [9.17, 15) is 9.18 Å². The Labute approximate surface area is 144 Å². The van der Waals surface area contributed by atoms with E-state index in [1.54, 1.807) is 16.8 Å². The van der Waals surface area contributed by atoms with Crippen LogP contribution in [0.15, 0.2) is 41.9 Å². The molecular formula is C18H19FN4O2. The maximum absolute atomic E-state index is 13.3. The molecular weight excluding hydrogens is 323 g/mol. The Bertz CT molecular complexity index is 822. The summed E-state index contributed by atoms with van der Waals surface area (Å²) in [5, 5.41) is 7.34. The first-order valence-corrected chi connectivity index (χ1v) is 8.47. The lowest BCUT2D eigenvalue weighted by atomic mass is 9.96. The molecule has 0 unspecified atom stereocenters. The number of aromatic nitrogens is 3. The highest BCUT2D eigenvalue weighted by Crippen LogP contribution is 2.36. The molecule has 1 saturated carbocycles. The van der Waals surface area contributed by atoms with Gasteiger partial charge in [0.2, 0.25) is 5.95 Å². The van der Waals surface area contributed by atoms with Crippen molar-refractivity contribution in [3.05, 3.63) is 53.2 Å². The highest BCUT2D eigenvalue weighted by atomic mass is 19.1. The number of benzene rings is 1. The van der Waals surface area contributed by atoms with Crippen LogP contribution in [0.2, 0.25) is 0 Å². The number of fused-ring (bicyclic) bond motifs is 1. The zero-order valence-electron chi connectivity index (χ0n) is 13.9. The second-order valence-electron chi connectivity index (χ2n) is 6.46. The van der Waals surface area contributed by atoms with Crippen molar-refractivity contribution in [2.75, 3.05) is 5.32 Å². The van der Waals surface area contributed by atoms with Gasteiger partial charge in [-0.1, -0.05) is 12.1 Å². The van der Waals surface area contributed by atoms with Crippen molar-refractivity contribution in [2.24, 2.45) is 0 Å². The number of hydrogen-bond acceptors (Lipinski definition) is 5. The van der Waals surface area contributed by atoms with E-state index in [4.69, 9.17) is 4.74 Å². The third kappa shape index (κ3) is 2.90. The molecule has 1 fully saturated rings. The number of ether oxygens (including phenoxy) is 1. The van der Waals surface area contributed by atoms with Crippen molar-refractivity contribution in [2.45, 2.75) is 44.8 Å². The molecule has 1 aliphatic carbocycles. The second-order valence-corrected chi connectivity index (χ2v) is 6.46. The Morgan fingerprint density at radius 2 is 2.00 bits per heavy atom. The summed E-state index contributed by atoms with van der Waals surface area (Å²) in [5.74, 6) is -0.135. The predicted octanol–water partition coefficient (Wildman–Crippen LogP) is 3.19. The molecule has 0 saturated heterocycles. The van der Waals surface area contributed by atoms with Crippen LogP contribution in [-0.2, 0) is 9.53 Å². The minimum atomic E-state index is -0.492. The lowest BCUT2D eigenvalue weighted by Gasteiger charge is -2.28. The number of carbonyl (C=O) groups is 1. The van der Waals surface area contributed by atoms with Crippen LogP contribution in [0.1, 0.15) is 44.2 Å². The zero-order chi connectivity index (χ0) is 17.4. The summed E-state index contributed by atoms with van der Waals surface area (Å²) in [6, 6.07) is 5.58. The van der Waals surface area contributed by atoms with E-state index < -0.39 is 6.04 Å². The van der Waals surface area contributed by atoms with Gasteiger partial charge in [0.15, 0.2) is 0 Å². The molecule has 130 valence electrons. The largest absolute Gasteiger partial charge is 0.459 e. The van der Waals surface area contributed by atoms with Crippen LogP contribution in [-0.4, -0.2) is 26.8 Å². The number of allylic oxidation sites excluding steroid dienone is 1. The molecule has 4 rings (SSSR count). The lowest BCUT2D eigenvalue weighted by molar-refractivity contribution is -0.144. The standard InChI is InChI=1S/C18H19FN4O2/c1-11-15(17(24)25-14-4-2-3-5-14)16(12-6-8-13(19)9-7-12)23-18(22-11)20-10-21-23/h6-10,14,16H,2-5H2,1H3,(H,20,21,22)/t16-/m1/s1. The molecule has 1 aromatic carbocycles. The number of rotatable bonds is 3. The molecule has 0 bridgehead atoms. The van der Waals surface area contributed by atoms with Crippen LogP contribution in [0.3, 0.4) is 0 Å². The van der Waals surface area contributed by atoms with Crippen molar-refractivity contribution in [3.63, 3.8) is 0 Å². The SMILES string of the molecule is CC1=C(C(=O)OC2CCCC2)[C@@H](c2ccc(F)cc2)n2ncnc2N1. The van der Waals surface area contributed by atoms with Crippen molar-refractivity contribution < 1.29 is 13.9 Å². The number of halogens is 1. The molecule has 1 aromatic heterocycles. The molecule has 1 atom stereocenters. The Balaban J connectivity index is 1.73. The van der Waals surface area contributed by atoms with Crippen molar-refractivity contribution in [1.82, 2.24) is 14.8 Å². The van der Waals surface area contributed by atoms with E-state index in [0.29, 0.717) is 17.2 Å². The molecule has 2 aliphatic rings. The van der Waals surface area contributed by atoms with Gasteiger partial charge in [0.25, 0.3) is 0 Å². The monoisotopic (exact) mass is 342 g/mol. The third-order valence-corrected chi connectivity index (χ3v) is 4.78. The Morgan fingerprint density at radius 3 is 2.72 bits per heavy atom. The molecule has 6 nitrogen and oxygen atoms in total. The van der Waals surface area contributed by atoms with Gasteiger partial charge in [-0.2, -0.15) is 10.1 Å². The maximum atomic E-state index is 13.3. The highest BCUT2D eigenvalue weighted by molar-refractivity contribution is 5.92. The molecule has 0 radical (unpaired) electrons. The van der Waals surface area contributed by atoms with Crippen molar-refractivity contribution >= 4 is 11.9 Å². The number of esters is 1. The van der Waals surface area contributed by atoms with Crippen LogP contribution in [0.25, 0.3) is 0 Å². The summed E-state index contributed by atoms with van der Waals surface area (Å²) in [7, 11) is 0. The third-order valence-electron chi connectivity index (χ3n) is 4.78. The molecule has 0 amide bonds. The summed E-state index contributed by atoms with van der Waals surface area (Å²) in [4.78, 5) is 17.1. The second kappa shape index (κ2) is 6.31. The van der Waals surface area contributed by atoms with Crippen molar-refractivity contribution in [1.29, 1.82) is 0 Å². The molecule has 2 heterocycles. The average molecular weight is 342 g/mol. The van der Waals surface area contributed by atoms with Gasteiger partial charge in [0.05, 0.1) is 5.57 Å². The first-order valence-electron chi connectivity index (χ1n) is 8.47. The molecule has 2 aromatic rings. The summed E-state index contributed by atoms with van der Waals surface area (Å²) in [6.07, 6.45) is 5.38. The van der Waals surface area contributed by atoms with Crippen LogP contribution in [0.5, 0.6) is 0 Å². The molecule has 1 N–H and O–H groups in total. The van der Waals surface area contributed by atoms with E-state index in [1.807, 2.05) is 6.92 Å². The van der Waals surface area contributed by atoms with E-state index in [1.165, 1.54) is 18.5 Å². The van der Waals surface area contributed by atoms with Gasteiger partial charge in [0.1, 0.15) is 24.3 Å². The molecule has 1 aliphatic heterocycles. The van der Waals surface area contributed by atoms with Crippen LogP contribution in [0.4, 0.5) is 10.3 Å². The number of hydrogen-bond donors (Lipinski definition) is 1. The summed E-state index contributed by atoms with van der Waals surface area (Å²) >= 11 is 0. The minimum Gasteiger partial charge on any atom is -0.459 e. The Morgan fingerprint density at radius 1 is 1.28 bits per heavy atom. The van der Waals surface area contributed by atoms with Crippen LogP contribution in [0, 0.1) is 5.82 Å². The first kappa shape index (κ1) is 15.8.